The molecular weight excluding hydrogens is 398 g/mol. The van der Waals surface area contributed by atoms with Crippen LogP contribution in [0.1, 0.15) is 36.6 Å². The summed E-state index contributed by atoms with van der Waals surface area (Å²) in [5.74, 6) is -1.12. The van der Waals surface area contributed by atoms with Crippen molar-refractivity contribution in [3.05, 3.63) is 64.7 Å². The fraction of sp³-hybridized carbons (Fsp3) is 0.333. The molecule has 0 spiro atoms. The van der Waals surface area contributed by atoms with Crippen LogP contribution in [0.4, 0.5) is 0 Å². The Hall–Kier alpha value is -3.32. The maximum absolute atomic E-state index is 13.0. The fourth-order valence-electron chi connectivity index (χ4n) is 3.72. The third-order valence-electron chi connectivity index (χ3n) is 5.18. The molecule has 164 valence electrons. The first-order valence-electron chi connectivity index (χ1n) is 10.1. The number of phenols is 1. The van der Waals surface area contributed by atoms with Gasteiger partial charge in [-0.05, 0) is 62.2 Å². The zero-order chi connectivity index (χ0) is 22.7. The zero-order valence-corrected chi connectivity index (χ0v) is 18.1. The number of carbonyl (C=O) groups is 2. The van der Waals surface area contributed by atoms with E-state index in [1.54, 1.807) is 37.4 Å². The Morgan fingerprint density at radius 1 is 1.16 bits per heavy atom. The number of likely N-dealkylation sites (tertiary alicyclic amines) is 1. The van der Waals surface area contributed by atoms with E-state index in [9.17, 15) is 19.8 Å². The highest BCUT2D eigenvalue weighted by Gasteiger charge is 2.46. The molecule has 7 nitrogen and oxygen atoms in total. The minimum Gasteiger partial charge on any atom is -0.508 e. The number of hydrogen-bond acceptors (Lipinski definition) is 6. The summed E-state index contributed by atoms with van der Waals surface area (Å²) in [6, 6.07) is 10.5. The van der Waals surface area contributed by atoms with E-state index in [1.807, 2.05) is 20.8 Å². The van der Waals surface area contributed by atoms with Crippen LogP contribution >= 0.6 is 0 Å². The molecule has 0 aromatic heterocycles. The van der Waals surface area contributed by atoms with Gasteiger partial charge >= 0.3 is 0 Å². The summed E-state index contributed by atoms with van der Waals surface area (Å²) in [6.07, 6.45) is -0.0293. The lowest BCUT2D eigenvalue weighted by Crippen LogP contribution is -2.33. The number of aromatic hydroxyl groups is 1. The number of Topliss-reactive ketones (excluding diaryl/α,β-unsaturated/α-hetero) is 1. The molecule has 0 aliphatic carbocycles. The lowest BCUT2D eigenvalue weighted by atomic mass is 9.94. The van der Waals surface area contributed by atoms with Crippen molar-refractivity contribution in [3.63, 3.8) is 0 Å². The van der Waals surface area contributed by atoms with Crippen molar-refractivity contribution in [2.45, 2.75) is 32.9 Å². The molecule has 2 aromatic carbocycles. The molecule has 1 amide bonds. The largest absolute Gasteiger partial charge is 0.508 e. The molecule has 2 aromatic rings. The molecule has 1 aliphatic rings. The summed E-state index contributed by atoms with van der Waals surface area (Å²) in [7, 11) is 1.55. The second-order valence-electron chi connectivity index (χ2n) is 7.69. The van der Waals surface area contributed by atoms with Gasteiger partial charge in [0.1, 0.15) is 17.3 Å². The Labute approximate surface area is 181 Å². The predicted octanol–water partition coefficient (Wildman–Crippen LogP) is 3.56. The number of benzene rings is 2. The first kappa shape index (κ1) is 22.4. The predicted molar refractivity (Wildman–Crippen MR) is 116 cm³/mol. The number of hydrogen-bond donors (Lipinski definition) is 2. The van der Waals surface area contributed by atoms with Crippen LogP contribution in [-0.4, -0.2) is 53.2 Å². The van der Waals surface area contributed by atoms with Crippen molar-refractivity contribution in [2.24, 2.45) is 0 Å². The zero-order valence-electron chi connectivity index (χ0n) is 18.1. The quantitative estimate of drug-likeness (QED) is 0.400. The maximum atomic E-state index is 13.0. The van der Waals surface area contributed by atoms with Gasteiger partial charge < -0.3 is 24.6 Å². The van der Waals surface area contributed by atoms with Crippen molar-refractivity contribution in [2.75, 3.05) is 20.3 Å². The number of aliphatic hydroxyl groups is 1. The third kappa shape index (κ3) is 4.56. The number of carbonyl (C=O) groups excluding carboxylic acids is 2. The molecule has 0 radical (unpaired) electrons. The van der Waals surface area contributed by atoms with Gasteiger partial charge in [-0.25, -0.2) is 0 Å². The summed E-state index contributed by atoms with van der Waals surface area (Å²) in [5, 5.41) is 21.0. The van der Waals surface area contributed by atoms with Gasteiger partial charge in [0.25, 0.3) is 11.7 Å². The van der Waals surface area contributed by atoms with Gasteiger partial charge in [0, 0.05) is 12.1 Å². The highest BCUT2D eigenvalue weighted by molar-refractivity contribution is 6.46. The van der Waals surface area contributed by atoms with E-state index in [0.717, 1.165) is 5.56 Å². The first-order valence-corrected chi connectivity index (χ1v) is 10.1. The van der Waals surface area contributed by atoms with Crippen LogP contribution in [0.25, 0.3) is 5.76 Å². The second-order valence-corrected chi connectivity index (χ2v) is 7.69. The average Bonchev–Trinajstić information content (AvgIpc) is 2.98. The number of aliphatic hydroxyl groups excluding tert-OH is 1. The van der Waals surface area contributed by atoms with Crippen molar-refractivity contribution >= 4 is 17.4 Å². The van der Waals surface area contributed by atoms with E-state index in [0.29, 0.717) is 16.9 Å². The number of aryl methyl sites for hydroxylation is 1. The number of ether oxygens (including phenoxy) is 2. The molecule has 1 fully saturated rings. The number of ketones is 1. The van der Waals surface area contributed by atoms with Crippen LogP contribution in [0, 0.1) is 6.92 Å². The molecule has 0 bridgehead atoms. The summed E-state index contributed by atoms with van der Waals surface area (Å²) in [5.41, 5.74) is 1.68. The summed E-state index contributed by atoms with van der Waals surface area (Å²) >= 11 is 0. The smallest absolute Gasteiger partial charge is 0.295 e. The van der Waals surface area contributed by atoms with Crippen molar-refractivity contribution in [1.29, 1.82) is 0 Å². The van der Waals surface area contributed by atoms with Gasteiger partial charge in [-0.3, -0.25) is 9.59 Å². The first-order chi connectivity index (χ1) is 14.7. The van der Waals surface area contributed by atoms with Crippen LogP contribution in [0.2, 0.25) is 0 Å². The number of rotatable bonds is 7. The van der Waals surface area contributed by atoms with Crippen LogP contribution in [0.15, 0.2) is 48.0 Å². The molecule has 1 unspecified atom stereocenters. The number of phenolic OH excluding ortho intramolecular Hbond substituents is 1. The van der Waals surface area contributed by atoms with Crippen molar-refractivity contribution in [3.8, 4) is 11.5 Å². The monoisotopic (exact) mass is 425 g/mol. The molecule has 1 saturated heterocycles. The number of nitrogens with zero attached hydrogens (tertiary/aromatic N) is 1. The Morgan fingerprint density at radius 2 is 1.90 bits per heavy atom. The Kier molecular flexibility index (Phi) is 6.65. The molecule has 0 saturated carbocycles. The second kappa shape index (κ2) is 9.22. The Balaban J connectivity index is 2.11. The van der Waals surface area contributed by atoms with E-state index in [-0.39, 0.29) is 36.3 Å². The molecular formula is C24H27NO6. The minimum atomic E-state index is -0.842. The molecule has 31 heavy (non-hydrogen) atoms. The van der Waals surface area contributed by atoms with E-state index in [2.05, 4.69) is 0 Å². The number of methoxy groups -OCH3 is 1. The molecule has 1 atom stereocenters. The topological polar surface area (TPSA) is 96.3 Å². The van der Waals surface area contributed by atoms with Crippen LogP contribution in [0.3, 0.4) is 0 Å². The van der Waals surface area contributed by atoms with Gasteiger partial charge in [-0.1, -0.05) is 12.1 Å². The standard InChI is InChI=1S/C24H27NO6/c1-14(2)31-11-10-25-21(16-6-5-7-18(26)13-16)20(23(28)24(25)29)22(27)17-8-9-19(30-4)15(3)12-17/h5-9,12-14,21,26-27H,10-11H2,1-4H3/b22-20-. The van der Waals surface area contributed by atoms with Crippen LogP contribution < -0.4 is 4.74 Å². The molecule has 2 N–H and O–H groups in total. The average molecular weight is 425 g/mol. The fourth-order valence-corrected chi connectivity index (χ4v) is 3.72. The highest BCUT2D eigenvalue weighted by atomic mass is 16.5. The molecule has 1 aliphatic heterocycles. The Morgan fingerprint density at radius 3 is 2.52 bits per heavy atom. The lowest BCUT2D eigenvalue weighted by molar-refractivity contribution is -0.140. The van der Waals surface area contributed by atoms with Crippen molar-refractivity contribution in [1.82, 2.24) is 4.90 Å². The molecule has 1 heterocycles. The van der Waals surface area contributed by atoms with Crippen LogP contribution in [0.5, 0.6) is 11.5 Å². The normalized spacial score (nSPS) is 18.1. The van der Waals surface area contributed by atoms with Crippen LogP contribution in [-0.2, 0) is 14.3 Å². The van der Waals surface area contributed by atoms with E-state index < -0.39 is 17.7 Å². The number of amides is 1. The Bertz CT molecular complexity index is 1030. The van der Waals surface area contributed by atoms with Crippen molar-refractivity contribution < 1.29 is 29.3 Å². The lowest BCUT2D eigenvalue weighted by Gasteiger charge is -2.25. The van der Waals surface area contributed by atoms with E-state index in [4.69, 9.17) is 9.47 Å². The van der Waals surface area contributed by atoms with Gasteiger partial charge in [-0.15, -0.1) is 0 Å². The van der Waals surface area contributed by atoms with E-state index >= 15 is 0 Å². The van der Waals surface area contributed by atoms with Gasteiger partial charge in [0.15, 0.2) is 0 Å². The molecule has 7 heteroatoms. The minimum absolute atomic E-state index is 0.00168. The molecule has 3 rings (SSSR count). The highest BCUT2D eigenvalue weighted by Crippen LogP contribution is 2.40. The van der Waals surface area contributed by atoms with E-state index in [1.165, 1.54) is 17.0 Å². The van der Waals surface area contributed by atoms with Gasteiger partial charge in [0.05, 0.1) is 31.4 Å². The summed E-state index contributed by atoms with van der Waals surface area (Å²) in [6.45, 7) is 5.99. The summed E-state index contributed by atoms with van der Waals surface area (Å²) < 4.78 is 10.8. The summed E-state index contributed by atoms with van der Waals surface area (Å²) in [4.78, 5) is 27.2. The van der Waals surface area contributed by atoms with Gasteiger partial charge in [0.2, 0.25) is 0 Å². The maximum Gasteiger partial charge on any atom is 0.295 e. The van der Waals surface area contributed by atoms with Gasteiger partial charge in [-0.2, -0.15) is 0 Å². The SMILES string of the molecule is COc1ccc(/C(O)=C2/C(=O)C(=O)N(CCOC(C)C)C2c2cccc(O)c2)cc1C. The third-order valence-corrected chi connectivity index (χ3v) is 5.18.